The molecule has 1 heterocycles. The van der Waals surface area contributed by atoms with Gasteiger partial charge in [-0.05, 0) is 37.7 Å². The first kappa shape index (κ1) is 18.4. The molecule has 4 rings (SSSR count). The van der Waals surface area contributed by atoms with Crippen LogP contribution < -0.4 is 4.74 Å². The molecular weight excluding hydrogens is 350 g/mol. The van der Waals surface area contributed by atoms with Gasteiger partial charge in [-0.15, -0.1) is 0 Å². The van der Waals surface area contributed by atoms with Gasteiger partial charge in [-0.25, -0.2) is 4.79 Å². The number of ether oxygens (including phenoxy) is 2. The van der Waals surface area contributed by atoms with Crippen LogP contribution in [-0.4, -0.2) is 24.0 Å². The minimum absolute atomic E-state index is 0.0471. The molecule has 1 saturated heterocycles. The van der Waals surface area contributed by atoms with Crippen LogP contribution in [0.25, 0.3) is 0 Å². The molecule has 0 spiro atoms. The topological polar surface area (TPSA) is 38.8 Å². The standard InChI is InChI=1S/C24H23NO3/c1-17-22(18-11-5-3-6-12-18)28-23(25(17)2)20-15-9-10-16-21(20)27-24(26)19-13-7-4-8-14-19/h3-17,22-23H,1-2H3/t17-,22+,23-/m1/s1. The van der Waals surface area contributed by atoms with E-state index in [4.69, 9.17) is 9.47 Å². The molecule has 1 aliphatic rings. The van der Waals surface area contributed by atoms with Crippen molar-refractivity contribution in [3.63, 3.8) is 0 Å². The summed E-state index contributed by atoms with van der Waals surface area (Å²) < 4.78 is 12.1. The van der Waals surface area contributed by atoms with Crippen LogP contribution in [0.5, 0.6) is 5.75 Å². The Morgan fingerprint density at radius 1 is 0.893 bits per heavy atom. The van der Waals surface area contributed by atoms with Gasteiger partial charge in [0.2, 0.25) is 0 Å². The molecule has 3 aromatic carbocycles. The van der Waals surface area contributed by atoms with E-state index < -0.39 is 0 Å². The third-order valence-corrected chi connectivity index (χ3v) is 5.25. The summed E-state index contributed by atoms with van der Waals surface area (Å²) in [6.45, 7) is 2.15. The van der Waals surface area contributed by atoms with Gasteiger partial charge in [0.05, 0.1) is 5.56 Å². The van der Waals surface area contributed by atoms with Gasteiger partial charge in [0.25, 0.3) is 0 Å². The SMILES string of the molecule is C[C@@H]1[C@@H](c2ccccc2)O[C@H](c2ccccc2OC(=O)c2ccccc2)N1C. The van der Waals surface area contributed by atoms with Gasteiger partial charge >= 0.3 is 5.97 Å². The smallest absolute Gasteiger partial charge is 0.343 e. The minimum Gasteiger partial charge on any atom is -0.422 e. The van der Waals surface area contributed by atoms with Gasteiger partial charge in [0.15, 0.2) is 0 Å². The molecule has 3 atom stereocenters. The number of likely N-dealkylation sites (N-methyl/N-ethyl adjacent to an activating group) is 1. The van der Waals surface area contributed by atoms with Crippen LogP contribution in [0.4, 0.5) is 0 Å². The summed E-state index contributed by atoms with van der Waals surface area (Å²) in [7, 11) is 2.04. The number of rotatable bonds is 4. The summed E-state index contributed by atoms with van der Waals surface area (Å²) in [5.41, 5.74) is 2.51. The molecule has 0 amide bonds. The van der Waals surface area contributed by atoms with Gasteiger partial charge in [-0.1, -0.05) is 66.7 Å². The first-order valence-electron chi connectivity index (χ1n) is 9.43. The molecule has 1 aliphatic heterocycles. The fourth-order valence-electron chi connectivity index (χ4n) is 3.58. The highest BCUT2D eigenvalue weighted by Gasteiger charge is 2.40. The maximum atomic E-state index is 12.5. The number of carbonyl (C=O) groups is 1. The van der Waals surface area contributed by atoms with E-state index in [2.05, 4.69) is 24.0 Å². The zero-order chi connectivity index (χ0) is 19.5. The highest BCUT2D eigenvalue weighted by molar-refractivity contribution is 5.91. The lowest BCUT2D eigenvalue weighted by Crippen LogP contribution is -2.27. The fourth-order valence-corrected chi connectivity index (χ4v) is 3.58. The van der Waals surface area contributed by atoms with E-state index in [-0.39, 0.29) is 24.3 Å². The number of para-hydroxylation sites is 1. The van der Waals surface area contributed by atoms with Crippen LogP contribution in [0.15, 0.2) is 84.9 Å². The second kappa shape index (κ2) is 7.97. The highest BCUT2D eigenvalue weighted by Crippen LogP contribution is 2.43. The third kappa shape index (κ3) is 3.57. The van der Waals surface area contributed by atoms with Gasteiger partial charge in [-0.3, -0.25) is 4.90 Å². The van der Waals surface area contributed by atoms with Crippen molar-refractivity contribution in [1.82, 2.24) is 4.90 Å². The second-order valence-electron chi connectivity index (χ2n) is 7.02. The Balaban J connectivity index is 1.60. The molecule has 0 radical (unpaired) electrons. The quantitative estimate of drug-likeness (QED) is 0.477. The lowest BCUT2D eigenvalue weighted by atomic mass is 10.0. The summed E-state index contributed by atoms with van der Waals surface area (Å²) in [6.07, 6.45) is -0.339. The minimum atomic E-state index is -0.374. The average molecular weight is 373 g/mol. The van der Waals surface area contributed by atoms with Crippen molar-refractivity contribution in [2.45, 2.75) is 25.3 Å². The molecule has 0 aliphatic carbocycles. The molecule has 3 aromatic rings. The Bertz CT molecular complexity index is 942. The maximum Gasteiger partial charge on any atom is 0.343 e. The molecule has 1 fully saturated rings. The first-order chi connectivity index (χ1) is 13.6. The number of carbonyl (C=O) groups excluding carboxylic acids is 1. The Morgan fingerprint density at radius 2 is 1.50 bits per heavy atom. The van der Waals surface area contributed by atoms with Gasteiger partial charge in [-0.2, -0.15) is 0 Å². The zero-order valence-electron chi connectivity index (χ0n) is 16.0. The molecule has 4 nitrogen and oxygen atoms in total. The van der Waals surface area contributed by atoms with E-state index in [1.165, 1.54) is 0 Å². The molecule has 142 valence electrons. The van der Waals surface area contributed by atoms with Crippen LogP contribution in [-0.2, 0) is 4.74 Å². The summed E-state index contributed by atoms with van der Waals surface area (Å²) in [5.74, 6) is 0.149. The molecule has 28 heavy (non-hydrogen) atoms. The van der Waals surface area contributed by atoms with E-state index >= 15 is 0 Å². The van der Waals surface area contributed by atoms with Crippen LogP contribution in [0.1, 0.15) is 40.7 Å². The van der Waals surface area contributed by atoms with Crippen molar-refractivity contribution < 1.29 is 14.3 Å². The lowest BCUT2D eigenvalue weighted by molar-refractivity contribution is 0.00396. The summed E-state index contributed by atoms with van der Waals surface area (Å²) in [6, 6.07) is 27.0. The number of hydrogen-bond acceptors (Lipinski definition) is 4. The van der Waals surface area contributed by atoms with Crippen molar-refractivity contribution in [1.29, 1.82) is 0 Å². The maximum absolute atomic E-state index is 12.5. The highest BCUT2D eigenvalue weighted by atomic mass is 16.5. The first-order valence-corrected chi connectivity index (χ1v) is 9.43. The van der Waals surface area contributed by atoms with Crippen LogP contribution in [0, 0.1) is 0 Å². The van der Waals surface area contributed by atoms with Crippen molar-refractivity contribution >= 4 is 5.97 Å². The van der Waals surface area contributed by atoms with E-state index in [0.29, 0.717) is 11.3 Å². The predicted octanol–water partition coefficient (Wildman–Crippen LogP) is 5.00. The molecule has 0 N–H and O–H groups in total. The molecule has 0 unspecified atom stereocenters. The number of benzene rings is 3. The lowest BCUT2D eigenvalue weighted by Gasteiger charge is -2.23. The van der Waals surface area contributed by atoms with E-state index in [9.17, 15) is 4.79 Å². The molecule has 0 bridgehead atoms. The number of esters is 1. The monoisotopic (exact) mass is 373 g/mol. The van der Waals surface area contributed by atoms with E-state index in [0.717, 1.165) is 11.1 Å². The fraction of sp³-hybridized carbons (Fsp3) is 0.208. The van der Waals surface area contributed by atoms with E-state index in [1.54, 1.807) is 12.1 Å². The number of nitrogens with zero attached hydrogens (tertiary/aromatic N) is 1. The second-order valence-corrected chi connectivity index (χ2v) is 7.02. The summed E-state index contributed by atoms with van der Waals surface area (Å²) in [5, 5.41) is 0. The average Bonchev–Trinajstić information content (AvgIpc) is 3.04. The number of hydrogen-bond donors (Lipinski definition) is 0. The molecule has 0 aromatic heterocycles. The Kier molecular flexibility index (Phi) is 5.24. The Morgan fingerprint density at radius 3 is 2.21 bits per heavy atom. The van der Waals surface area contributed by atoms with Gasteiger partial charge in [0.1, 0.15) is 18.1 Å². The summed E-state index contributed by atoms with van der Waals surface area (Å²) in [4.78, 5) is 14.7. The van der Waals surface area contributed by atoms with Crippen molar-refractivity contribution in [2.75, 3.05) is 7.05 Å². The van der Waals surface area contributed by atoms with Crippen molar-refractivity contribution in [3.8, 4) is 5.75 Å². The normalized spacial score (nSPS) is 22.1. The van der Waals surface area contributed by atoms with Crippen molar-refractivity contribution in [2.24, 2.45) is 0 Å². The predicted molar refractivity (Wildman–Crippen MR) is 108 cm³/mol. The van der Waals surface area contributed by atoms with Crippen LogP contribution in [0.3, 0.4) is 0 Å². The summed E-state index contributed by atoms with van der Waals surface area (Å²) >= 11 is 0. The van der Waals surface area contributed by atoms with Crippen LogP contribution >= 0.6 is 0 Å². The van der Waals surface area contributed by atoms with Crippen molar-refractivity contribution in [3.05, 3.63) is 102 Å². The Labute approximate surface area is 165 Å². The van der Waals surface area contributed by atoms with Gasteiger partial charge < -0.3 is 9.47 Å². The molecule has 4 heteroatoms. The third-order valence-electron chi connectivity index (χ3n) is 5.25. The zero-order valence-corrected chi connectivity index (χ0v) is 16.0. The largest absolute Gasteiger partial charge is 0.422 e. The van der Waals surface area contributed by atoms with Gasteiger partial charge in [0, 0.05) is 11.6 Å². The van der Waals surface area contributed by atoms with Crippen LogP contribution in [0.2, 0.25) is 0 Å². The van der Waals surface area contributed by atoms with E-state index in [1.807, 2.05) is 67.7 Å². The Hall–Kier alpha value is -2.95. The molecular formula is C24H23NO3. The molecule has 0 saturated carbocycles.